The third-order valence-corrected chi connectivity index (χ3v) is 2.59. The Morgan fingerprint density at radius 2 is 1.92 bits per heavy atom. The van der Waals surface area contributed by atoms with Crippen molar-refractivity contribution in [3.63, 3.8) is 0 Å². The Hall–Kier alpha value is -0.300. The Morgan fingerprint density at radius 1 is 1.33 bits per heavy atom. The van der Waals surface area contributed by atoms with Crippen LogP contribution >= 0.6 is 0 Å². The van der Waals surface area contributed by atoms with Crippen LogP contribution in [0.4, 0.5) is 0 Å². The second-order valence-electron chi connectivity index (χ2n) is 4.28. The third-order valence-electron chi connectivity index (χ3n) is 2.59. The van der Waals surface area contributed by atoms with E-state index < -0.39 is 0 Å². The molecule has 1 rings (SSSR count). The van der Waals surface area contributed by atoms with E-state index in [1.165, 1.54) is 26.1 Å². The van der Waals surface area contributed by atoms with Gasteiger partial charge >= 0.3 is 0 Å². The maximum absolute atomic E-state index is 3.76. The van der Waals surface area contributed by atoms with Gasteiger partial charge in [0.05, 0.1) is 0 Å². The highest BCUT2D eigenvalue weighted by Gasteiger charge is 2.20. The van der Waals surface area contributed by atoms with E-state index >= 15 is 0 Å². The molecular weight excluding hydrogens is 146 g/mol. The van der Waals surface area contributed by atoms with Gasteiger partial charge in [-0.15, -0.1) is 6.58 Å². The van der Waals surface area contributed by atoms with E-state index in [1.54, 1.807) is 0 Å². The average molecular weight is 167 g/mol. The second-order valence-corrected chi connectivity index (χ2v) is 4.28. The maximum Gasteiger partial charge on any atom is 0.00160 e. The van der Waals surface area contributed by atoms with Gasteiger partial charge in [-0.25, -0.2) is 0 Å². The molecule has 1 aliphatic heterocycles. The van der Waals surface area contributed by atoms with Crippen LogP contribution in [0.5, 0.6) is 0 Å². The van der Waals surface area contributed by atoms with Gasteiger partial charge in [-0.05, 0) is 24.7 Å². The summed E-state index contributed by atoms with van der Waals surface area (Å²) in [6, 6.07) is 0. The summed E-state index contributed by atoms with van der Waals surface area (Å²) < 4.78 is 0. The molecule has 0 aromatic rings. The van der Waals surface area contributed by atoms with Crippen LogP contribution < -0.4 is 0 Å². The summed E-state index contributed by atoms with van der Waals surface area (Å²) in [5.41, 5.74) is 0. The molecule has 0 radical (unpaired) electrons. The Bertz CT molecular complexity index is 132. The first-order valence-electron chi connectivity index (χ1n) is 5.05. The smallest absolute Gasteiger partial charge is 0.00160 e. The minimum absolute atomic E-state index is 0.888. The van der Waals surface area contributed by atoms with E-state index in [1.807, 2.05) is 6.08 Å². The monoisotopic (exact) mass is 167 g/mol. The predicted molar refractivity (Wildman–Crippen MR) is 54.2 cm³/mol. The predicted octanol–water partition coefficient (Wildman–Crippen LogP) is 2.54. The minimum atomic E-state index is 0.888. The molecule has 1 heterocycles. The molecule has 2 unspecified atom stereocenters. The van der Waals surface area contributed by atoms with Crippen molar-refractivity contribution in [2.24, 2.45) is 11.8 Å². The van der Waals surface area contributed by atoms with Crippen LogP contribution in [0.25, 0.3) is 0 Å². The number of nitrogens with zero attached hydrogens (tertiary/aromatic N) is 1. The van der Waals surface area contributed by atoms with E-state index in [4.69, 9.17) is 0 Å². The molecule has 1 nitrogen and oxygen atoms in total. The molecule has 0 amide bonds. The van der Waals surface area contributed by atoms with Gasteiger partial charge in [-0.3, -0.25) is 0 Å². The molecule has 0 bridgehead atoms. The zero-order valence-electron chi connectivity index (χ0n) is 8.42. The van der Waals surface area contributed by atoms with Gasteiger partial charge in [0.25, 0.3) is 0 Å². The van der Waals surface area contributed by atoms with Crippen molar-refractivity contribution < 1.29 is 0 Å². The standard InChI is InChI=1S/C11H21N/c1-4-5-6-12-8-10(2)7-11(3)9-12/h4,10-11H,1,5-9H2,2-3H3. The van der Waals surface area contributed by atoms with Crippen molar-refractivity contribution in [2.75, 3.05) is 19.6 Å². The average Bonchev–Trinajstić information content (AvgIpc) is 1.99. The van der Waals surface area contributed by atoms with Crippen molar-refractivity contribution in [3.8, 4) is 0 Å². The van der Waals surface area contributed by atoms with Crippen molar-refractivity contribution in [3.05, 3.63) is 12.7 Å². The van der Waals surface area contributed by atoms with Crippen LogP contribution in [0.1, 0.15) is 26.7 Å². The Labute approximate surface area is 76.5 Å². The molecule has 0 spiro atoms. The van der Waals surface area contributed by atoms with Crippen LogP contribution in [-0.4, -0.2) is 24.5 Å². The molecule has 70 valence electrons. The molecule has 0 saturated carbocycles. The lowest BCUT2D eigenvalue weighted by molar-refractivity contribution is 0.143. The molecule has 0 N–H and O–H groups in total. The van der Waals surface area contributed by atoms with Gasteiger partial charge in [0.15, 0.2) is 0 Å². The Kier molecular flexibility index (Phi) is 3.80. The summed E-state index contributed by atoms with van der Waals surface area (Å²) in [5, 5.41) is 0. The highest BCUT2D eigenvalue weighted by atomic mass is 15.1. The normalized spacial score (nSPS) is 31.8. The zero-order chi connectivity index (χ0) is 8.97. The topological polar surface area (TPSA) is 3.24 Å². The van der Waals surface area contributed by atoms with Gasteiger partial charge in [-0.2, -0.15) is 0 Å². The maximum atomic E-state index is 3.76. The lowest BCUT2D eigenvalue weighted by atomic mass is 9.92. The SMILES string of the molecule is C=CCCN1CC(C)CC(C)C1. The number of hydrogen-bond donors (Lipinski definition) is 0. The van der Waals surface area contributed by atoms with Crippen molar-refractivity contribution in [1.82, 2.24) is 4.90 Å². The zero-order valence-corrected chi connectivity index (χ0v) is 8.42. The fourth-order valence-electron chi connectivity index (χ4n) is 2.25. The summed E-state index contributed by atoms with van der Waals surface area (Å²) in [7, 11) is 0. The highest BCUT2D eigenvalue weighted by molar-refractivity contribution is 4.77. The number of likely N-dealkylation sites (tertiary alicyclic amines) is 1. The number of rotatable bonds is 3. The molecular formula is C11H21N. The molecule has 0 aliphatic carbocycles. The van der Waals surface area contributed by atoms with Crippen LogP contribution in [0.2, 0.25) is 0 Å². The van der Waals surface area contributed by atoms with Crippen molar-refractivity contribution >= 4 is 0 Å². The number of hydrogen-bond acceptors (Lipinski definition) is 1. The lowest BCUT2D eigenvalue weighted by Gasteiger charge is -2.34. The minimum Gasteiger partial charge on any atom is -0.303 e. The summed E-state index contributed by atoms with van der Waals surface area (Å²) in [4.78, 5) is 2.57. The fourth-order valence-corrected chi connectivity index (χ4v) is 2.25. The van der Waals surface area contributed by atoms with E-state index in [0.717, 1.165) is 18.3 Å². The quantitative estimate of drug-likeness (QED) is 0.584. The molecule has 0 aromatic heterocycles. The van der Waals surface area contributed by atoms with Crippen LogP contribution in [-0.2, 0) is 0 Å². The van der Waals surface area contributed by atoms with Crippen LogP contribution in [0.3, 0.4) is 0 Å². The van der Waals surface area contributed by atoms with Gasteiger partial charge in [-0.1, -0.05) is 19.9 Å². The summed E-state index contributed by atoms with van der Waals surface area (Å²) in [5.74, 6) is 1.78. The van der Waals surface area contributed by atoms with E-state index in [2.05, 4.69) is 25.3 Å². The fraction of sp³-hybridized carbons (Fsp3) is 0.818. The van der Waals surface area contributed by atoms with Gasteiger partial charge in [0.1, 0.15) is 0 Å². The summed E-state index contributed by atoms with van der Waals surface area (Å²) in [6.07, 6.45) is 4.56. The van der Waals surface area contributed by atoms with Gasteiger partial charge in [0, 0.05) is 19.6 Å². The molecule has 1 aliphatic rings. The summed E-state index contributed by atoms with van der Waals surface area (Å²) >= 11 is 0. The van der Waals surface area contributed by atoms with Crippen molar-refractivity contribution in [2.45, 2.75) is 26.7 Å². The largest absolute Gasteiger partial charge is 0.303 e. The molecule has 1 fully saturated rings. The van der Waals surface area contributed by atoms with Crippen molar-refractivity contribution in [1.29, 1.82) is 0 Å². The molecule has 0 aromatic carbocycles. The molecule has 2 atom stereocenters. The van der Waals surface area contributed by atoms with Crippen LogP contribution in [0.15, 0.2) is 12.7 Å². The van der Waals surface area contributed by atoms with E-state index in [-0.39, 0.29) is 0 Å². The summed E-state index contributed by atoms with van der Waals surface area (Å²) in [6.45, 7) is 12.3. The van der Waals surface area contributed by atoms with E-state index in [0.29, 0.717) is 0 Å². The molecule has 1 saturated heterocycles. The second kappa shape index (κ2) is 4.66. The lowest BCUT2D eigenvalue weighted by Crippen LogP contribution is -2.38. The molecule has 1 heteroatoms. The first-order chi connectivity index (χ1) is 5.72. The third kappa shape index (κ3) is 2.98. The number of piperidine rings is 1. The highest BCUT2D eigenvalue weighted by Crippen LogP contribution is 2.20. The van der Waals surface area contributed by atoms with Gasteiger partial charge < -0.3 is 4.90 Å². The first-order valence-corrected chi connectivity index (χ1v) is 5.05. The molecule has 12 heavy (non-hydrogen) atoms. The van der Waals surface area contributed by atoms with Crippen LogP contribution in [0, 0.1) is 11.8 Å². The van der Waals surface area contributed by atoms with E-state index in [9.17, 15) is 0 Å². The van der Waals surface area contributed by atoms with Gasteiger partial charge in [0.2, 0.25) is 0 Å². The Morgan fingerprint density at radius 3 is 2.42 bits per heavy atom. The Balaban J connectivity index is 2.28. The first kappa shape index (κ1) is 9.79.